The third-order valence-corrected chi connectivity index (χ3v) is 16.0. The highest BCUT2D eigenvalue weighted by atomic mass is 16.2. The molecule has 8 N–H and O–H groups in total. The molecule has 0 aliphatic rings. The van der Waals surface area contributed by atoms with Crippen molar-refractivity contribution in [1.82, 2.24) is 0 Å². The summed E-state index contributed by atoms with van der Waals surface area (Å²) in [5.41, 5.74) is 20.4. The molecule has 0 aromatic heterocycles. The van der Waals surface area contributed by atoms with E-state index in [1.165, 1.54) is 334 Å². The monoisotopic (exact) mass is 1190 g/mol. The lowest BCUT2D eigenvalue weighted by molar-refractivity contribution is -0.119. The minimum absolute atomic E-state index is 0.153. The molecule has 0 fully saturated rings. The number of carbonyl (C=O) groups excluding carboxylic acids is 4. The molecular formula is C76H156N4O4. The van der Waals surface area contributed by atoms with Crippen LogP contribution in [0.2, 0.25) is 0 Å². The zero-order valence-electron chi connectivity index (χ0n) is 58.4. The first-order valence-corrected chi connectivity index (χ1v) is 36.9. The fourth-order valence-electron chi connectivity index (χ4n) is 10.6. The van der Waals surface area contributed by atoms with Gasteiger partial charge in [0.1, 0.15) is 0 Å². The van der Waals surface area contributed by atoms with Crippen LogP contribution in [0.1, 0.15) is 427 Å². The summed E-state index contributed by atoms with van der Waals surface area (Å²) >= 11 is 0. The Kier molecular flexibility index (Phi) is 98.2. The molecule has 0 unspecified atom stereocenters. The van der Waals surface area contributed by atoms with Gasteiger partial charge >= 0.3 is 0 Å². The highest BCUT2D eigenvalue weighted by Gasteiger charge is 2.01. The SMILES string of the molecule is C=C.C=C.CC(C)CCCCCCCCCCCCCCC(N)=O.CC(C)CCCCCCCCCCCCCCC(N)=O.CCCCCCCCCCCCCCCCCC(N)=O.CCCCCCCCCCCCCCCCCC(N)=O. The number of carbonyl (C=O) groups is 4. The summed E-state index contributed by atoms with van der Waals surface area (Å²) in [7, 11) is 0. The maximum Gasteiger partial charge on any atom is 0.217 e. The number of hydrogen-bond acceptors (Lipinski definition) is 4. The molecule has 84 heavy (non-hydrogen) atoms. The van der Waals surface area contributed by atoms with Gasteiger partial charge in [0.05, 0.1) is 0 Å². The molecule has 0 rings (SSSR count). The number of nitrogens with two attached hydrogens (primary N) is 4. The normalized spacial score (nSPS) is 10.6. The van der Waals surface area contributed by atoms with Gasteiger partial charge in [-0.3, -0.25) is 19.2 Å². The Bertz CT molecular complexity index is 1130. The highest BCUT2D eigenvalue weighted by Crippen LogP contribution is 2.18. The van der Waals surface area contributed by atoms with Crippen molar-refractivity contribution in [3.8, 4) is 0 Å². The van der Waals surface area contributed by atoms with Crippen LogP contribution in [-0.4, -0.2) is 23.6 Å². The molecule has 4 amide bonds. The molecule has 0 aromatic rings. The zero-order chi connectivity index (χ0) is 63.9. The zero-order valence-corrected chi connectivity index (χ0v) is 58.4. The molecule has 0 aromatic carbocycles. The smallest absolute Gasteiger partial charge is 0.217 e. The van der Waals surface area contributed by atoms with Crippen molar-refractivity contribution in [2.45, 2.75) is 427 Å². The fourth-order valence-corrected chi connectivity index (χ4v) is 10.6. The molecular weight excluding hydrogens is 1030 g/mol. The van der Waals surface area contributed by atoms with E-state index in [4.69, 9.17) is 22.9 Å². The average molecular weight is 1190 g/mol. The molecule has 0 spiro atoms. The van der Waals surface area contributed by atoms with Gasteiger partial charge < -0.3 is 22.9 Å². The quantitative estimate of drug-likeness (QED) is 0.0351. The Morgan fingerprint density at radius 3 is 0.429 bits per heavy atom. The summed E-state index contributed by atoms with van der Waals surface area (Å²) in [4.78, 5) is 42.2. The van der Waals surface area contributed by atoms with E-state index in [-0.39, 0.29) is 23.6 Å². The van der Waals surface area contributed by atoms with E-state index in [2.05, 4.69) is 67.9 Å². The van der Waals surface area contributed by atoms with Gasteiger partial charge in [-0.1, -0.05) is 375 Å². The molecule has 0 radical (unpaired) electrons. The van der Waals surface area contributed by atoms with Gasteiger partial charge in [0.15, 0.2) is 0 Å². The largest absolute Gasteiger partial charge is 0.370 e. The Balaban J connectivity index is -0.000000236. The number of primary amides is 4. The van der Waals surface area contributed by atoms with Crippen LogP contribution in [0.4, 0.5) is 0 Å². The third-order valence-electron chi connectivity index (χ3n) is 16.0. The average Bonchev–Trinajstić information content (AvgIpc) is 3.46. The summed E-state index contributed by atoms with van der Waals surface area (Å²) in [6, 6.07) is 0. The van der Waals surface area contributed by atoms with Crippen LogP contribution in [0, 0.1) is 11.8 Å². The molecule has 0 atom stereocenters. The molecule has 0 aliphatic heterocycles. The van der Waals surface area contributed by atoms with Crippen LogP contribution in [0.15, 0.2) is 26.3 Å². The van der Waals surface area contributed by atoms with Gasteiger partial charge in [-0.15, -0.1) is 26.3 Å². The van der Waals surface area contributed by atoms with E-state index in [1.807, 2.05) is 0 Å². The molecule has 0 aliphatic carbocycles. The van der Waals surface area contributed by atoms with Gasteiger partial charge in [0.2, 0.25) is 23.6 Å². The van der Waals surface area contributed by atoms with Gasteiger partial charge in [-0.25, -0.2) is 0 Å². The van der Waals surface area contributed by atoms with Crippen molar-refractivity contribution in [2.24, 2.45) is 34.8 Å². The summed E-state index contributed by atoms with van der Waals surface area (Å²) in [6.45, 7) is 25.8. The van der Waals surface area contributed by atoms with Crippen molar-refractivity contribution in [2.75, 3.05) is 0 Å². The molecule has 0 saturated heterocycles. The lowest BCUT2D eigenvalue weighted by Crippen LogP contribution is -2.09. The van der Waals surface area contributed by atoms with E-state index < -0.39 is 0 Å². The fraction of sp³-hybridized carbons (Fsp3) is 0.895. The van der Waals surface area contributed by atoms with Gasteiger partial charge in [-0.2, -0.15) is 0 Å². The topological polar surface area (TPSA) is 172 Å². The molecule has 8 nitrogen and oxygen atoms in total. The van der Waals surface area contributed by atoms with E-state index in [1.54, 1.807) is 0 Å². The van der Waals surface area contributed by atoms with E-state index in [9.17, 15) is 19.2 Å². The van der Waals surface area contributed by atoms with Crippen molar-refractivity contribution in [3.63, 3.8) is 0 Å². The lowest BCUT2D eigenvalue weighted by Gasteiger charge is -2.04. The standard InChI is InChI=1S/4C18H37NO.2C2H4/c2*1-17(2)15-13-11-9-7-5-3-4-6-8-10-12-14-16-18(19)20;2*1-2-3-4-5-6-7-8-9-10-11-12-13-14-15-16-17-18(19)20;2*1-2/h2*17H,3-16H2,1-2H3,(H2,19,20);2*2-17H2,1H3,(H2,19,20);2*1-2H2. The van der Waals surface area contributed by atoms with E-state index in [0.29, 0.717) is 25.7 Å². The Hall–Kier alpha value is -2.64. The number of hydrogen-bond donors (Lipinski definition) is 4. The Morgan fingerprint density at radius 2 is 0.321 bits per heavy atom. The van der Waals surface area contributed by atoms with Crippen molar-refractivity contribution in [3.05, 3.63) is 26.3 Å². The van der Waals surface area contributed by atoms with Crippen LogP contribution >= 0.6 is 0 Å². The molecule has 8 heteroatoms. The Labute approximate surface area is 528 Å². The van der Waals surface area contributed by atoms with Crippen LogP contribution in [0.3, 0.4) is 0 Å². The lowest BCUT2D eigenvalue weighted by atomic mass is 10.0. The highest BCUT2D eigenvalue weighted by molar-refractivity contribution is 5.74. The minimum atomic E-state index is -0.154. The first kappa shape index (κ1) is 92.5. The number of rotatable bonds is 62. The number of unbranched alkanes of at least 4 members (excludes halogenated alkanes) is 50. The van der Waals surface area contributed by atoms with E-state index >= 15 is 0 Å². The molecule has 504 valence electrons. The second kappa shape index (κ2) is 89.1. The van der Waals surface area contributed by atoms with E-state index in [0.717, 1.165) is 37.5 Å². The summed E-state index contributed by atoms with van der Waals surface area (Å²) < 4.78 is 0. The molecule has 0 bridgehead atoms. The maximum atomic E-state index is 10.6. The number of amides is 4. The molecule has 0 heterocycles. The molecule has 0 saturated carbocycles. The summed E-state index contributed by atoms with van der Waals surface area (Å²) in [5.74, 6) is 1.13. The minimum Gasteiger partial charge on any atom is -0.370 e. The summed E-state index contributed by atoms with van der Waals surface area (Å²) in [5, 5.41) is 0. The van der Waals surface area contributed by atoms with Gasteiger partial charge in [0, 0.05) is 25.7 Å². The predicted molar refractivity (Wildman–Crippen MR) is 377 cm³/mol. The predicted octanol–water partition coefficient (Wildman–Crippen LogP) is 24.2. The Morgan fingerprint density at radius 1 is 0.214 bits per heavy atom. The second-order valence-electron chi connectivity index (χ2n) is 25.6. The first-order chi connectivity index (χ1) is 40.8. The van der Waals surface area contributed by atoms with Crippen molar-refractivity contribution < 1.29 is 19.2 Å². The van der Waals surface area contributed by atoms with Gasteiger partial charge in [-0.05, 0) is 37.5 Å². The van der Waals surface area contributed by atoms with Crippen LogP contribution in [0.5, 0.6) is 0 Å². The van der Waals surface area contributed by atoms with Crippen molar-refractivity contribution >= 4 is 23.6 Å². The second-order valence-corrected chi connectivity index (χ2v) is 25.6. The third kappa shape index (κ3) is 114. The summed E-state index contributed by atoms with van der Waals surface area (Å²) in [6.07, 6.45) is 77.7. The van der Waals surface area contributed by atoms with Crippen LogP contribution < -0.4 is 22.9 Å². The maximum absolute atomic E-state index is 10.6. The van der Waals surface area contributed by atoms with Crippen LogP contribution in [-0.2, 0) is 19.2 Å². The first-order valence-electron chi connectivity index (χ1n) is 36.9. The van der Waals surface area contributed by atoms with Gasteiger partial charge in [0.25, 0.3) is 0 Å². The van der Waals surface area contributed by atoms with Crippen LogP contribution in [0.25, 0.3) is 0 Å². The van der Waals surface area contributed by atoms with Crippen molar-refractivity contribution in [1.29, 1.82) is 0 Å².